The Bertz CT molecular complexity index is 1260. The number of thiophene rings is 1. The quantitative estimate of drug-likeness (QED) is 0.473. The smallest absolute Gasteiger partial charge is 0.269 e. The van der Waals surface area contributed by atoms with E-state index in [1.165, 1.54) is 22.7 Å². The van der Waals surface area contributed by atoms with Gasteiger partial charge < -0.3 is 4.52 Å². The lowest BCUT2D eigenvalue weighted by Gasteiger charge is -2.20. The van der Waals surface area contributed by atoms with Crippen molar-refractivity contribution in [2.75, 3.05) is 11.4 Å². The number of pyridine rings is 1. The average molecular weight is 427 g/mol. The second kappa shape index (κ2) is 7.41. The lowest BCUT2D eigenvalue weighted by molar-refractivity contribution is 0.432. The van der Waals surface area contributed by atoms with Crippen LogP contribution in [0.5, 0.6) is 0 Å². The van der Waals surface area contributed by atoms with E-state index >= 15 is 0 Å². The molecule has 4 rings (SSSR count). The maximum absolute atomic E-state index is 13.3. The SMILES string of the molecule is Cc1ccc(N(C)S(=O)(=O)c2ccsc2-c2nc(-c3ccccn3)no2)cc1C. The van der Waals surface area contributed by atoms with Crippen LogP contribution in [0.25, 0.3) is 22.3 Å². The number of rotatable bonds is 5. The normalized spacial score (nSPS) is 11.6. The van der Waals surface area contributed by atoms with Gasteiger partial charge in [-0.15, -0.1) is 11.3 Å². The molecule has 3 heterocycles. The Balaban J connectivity index is 1.72. The molecule has 0 amide bonds. The number of benzene rings is 1. The van der Waals surface area contributed by atoms with Crippen molar-refractivity contribution in [2.45, 2.75) is 18.7 Å². The van der Waals surface area contributed by atoms with Crippen LogP contribution in [0.4, 0.5) is 5.69 Å². The summed E-state index contributed by atoms with van der Waals surface area (Å²) in [4.78, 5) is 9.06. The summed E-state index contributed by atoms with van der Waals surface area (Å²) in [7, 11) is -2.28. The van der Waals surface area contributed by atoms with Gasteiger partial charge >= 0.3 is 0 Å². The summed E-state index contributed by atoms with van der Waals surface area (Å²) in [6.45, 7) is 3.94. The molecule has 0 aliphatic rings. The molecule has 0 spiro atoms. The molecule has 29 heavy (non-hydrogen) atoms. The van der Waals surface area contributed by atoms with E-state index < -0.39 is 10.0 Å². The first-order valence-electron chi connectivity index (χ1n) is 8.77. The molecule has 0 saturated heterocycles. The van der Waals surface area contributed by atoms with E-state index in [4.69, 9.17) is 4.52 Å². The van der Waals surface area contributed by atoms with Gasteiger partial charge in [-0.2, -0.15) is 4.98 Å². The Kier molecular flexibility index (Phi) is 4.93. The van der Waals surface area contributed by atoms with Crippen molar-refractivity contribution in [2.24, 2.45) is 0 Å². The van der Waals surface area contributed by atoms with Crippen LogP contribution in [0, 0.1) is 13.8 Å². The van der Waals surface area contributed by atoms with Crippen LogP contribution in [0.15, 0.2) is 63.5 Å². The number of anilines is 1. The predicted octanol–water partition coefficient (Wildman–Crippen LogP) is 4.30. The Morgan fingerprint density at radius 1 is 1.07 bits per heavy atom. The van der Waals surface area contributed by atoms with Crippen molar-refractivity contribution in [3.05, 3.63) is 65.2 Å². The van der Waals surface area contributed by atoms with E-state index in [-0.39, 0.29) is 10.8 Å². The zero-order valence-corrected chi connectivity index (χ0v) is 17.7. The van der Waals surface area contributed by atoms with Crippen molar-refractivity contribution in [3.8, 4) is 22.3 Å². The molecule has 7 nitrogen and oxygen atoms in total. The van der Waals surface area contributed by atoms with Gasteiger partial charge in [0.1, 0.15) is 15.5 Å². The van der Waals surface area contributed by atoms with Gasteiger partial charge in [-0.25, -0.2) is 8.42 Å². The molecule has 0 atom stereocenters. The molecule has 4 aromatic rings. The fourth-order valence-corrected chi connectivity index (χ4v) is 5.28. The molecule has 0 bridgehead atoms. The van der Waals surface area contributed by atoms with E-state index in [0.717, 1.165) is 11.1 Å². The molecule has 0 saturated carbocycles. The minimum absolute atomic E-state index is 0.124. The number of hydrogen-bond acceptors (Lipinski definition) is 7. The van der Waals surface area contributed by atoms with Gasteiger partial charge in [-0.3, -0.25) is 9.29 Å². The zero-order chi connectivity index (χ0) is 20.6. The van der Waals surface area contributed by atoms with E-state index in [1.54, 1.807) is 35.8 Å². The Labute approximate surface area is 172 Å². The molecule has 148 valence electrons. The minimum Gasteiger partial charge on any atom is -0.333 e. The van der Waals surface area contributed by atoms with Gasteiger partial charge in [-0.1, -0.05) is 17.3 Å². The second-order valence-corrected chi connectivity index (χ2v) is 9.35. The van der Waals surface area contributed by atoms with Gasteiger partial charge in [0, 0.05) is 13.2 Å². The maximum Gasteiger partial charge on any atom is 0.269 e. The van der Waals surface area contributed by atoms with Crippen LogP contribution < -0.4 is 4.31 Å². The third-order valence-corrected chi connectivity index (χ3v) is 7.50. The first-order chi connectivity index (χ1) is 13.9. The van der Waals surface area contributed by atoms with Crippen molar-refractivity contribution in [1.29, 1.82) is 0 Å². The number of hydrogen-bond donors (Lipinski definition) is 0. The third-order valence-electron chi connectivity index (χ3n) is 4.64. The van der Waals surface area contributed by atoms with Gasteiger partial charge in [0.25, 0.3) is 15.9 Å². The molecular formula is C20H18N4O3S2. The zero-order valence-electron chi connectivity index (χ0n) is 16.0. The lowest BCUT2D eigenvalue weighted by atomic mass is 10.1. The highest BCUT2D eigenvalue weighted by molar-refractivity contribution is 7.93. The summed E-state index contributed by atoms with van der Waals surface area (Å²) in [5.74, 6) is 0.451. The Morgan fingerprint density at radius 2 is 1.90 bits per heavy atom. The molecule has 0 fully saturated rings. The van der Waals surface area contributed by atoms with Gasteiger partial charge in [-0.05, 0) is 60.7 Å². The minimum atomic E-state index is -3.81. The Hall–Kier alpha value is -3.04. The summed E-state index contributed by atoms with van der Waals surface area (Å²) < 4.78 is 33.2. The van der Waals surface area contributed by atoms with E-state index in [9.17, 15) is 8.42 Å². The average Bonchev–Trinajstić information content (AvgIpc) is 3.40. The number of sulfonamides is 1. The summed E-state index contributed by atoms with van der Waals surface area (Å²) >= 11 is 1.23. The van der Waals surface area contributed by atoms with Crippen LogP contribution in [0.3, 0.4) is 0 Å². The number of aromatic nitrogens is 3. The summed E-state index contributed by atoms with van der Waals surface area (Å²) in [5.41, 5.74) is 3.26. The van der Waals surface area contributed by atoms with Crippen LogP contribution in [0.1, 0.15) is 11.1 Å². The number of nitrogens with zero attached hydrogens (tertiary/aromatic N) is 4. The summed E-state index contributed by atoms with van der Waals surface area (Å²) in [5, 5.41) is 5.64. The second-order valence-electron chi connectivity index (χ2n) is 6.49. The van der Waals surface area contributed by atoms with Gasteiger partial charge in [0.2, 0.25) is 5.82 Å². The monoisotopic (exact) mass is 426 g/mol. The maximum atomic E-state index is 13.3. The molecule has 0 aliphatic heterocycles. The molecular weight excluding hydrogens is 408 g/mol. The molecule has 0 N–H and O–H groups in total. The molecule has 1 aromatic carbocycles. The van der Waals surface area contributed by atoms with Gasteiger partial charge in [0.15, 0.2) is 0 Å². The topological polar surface area (TPSA) is 89.2 Å². The van der Waals surface area contributed by atoms with Crippen LogP contribution in [-0.4, -0.2) is 30.6 Å². The molecule has 3 aromatic heterocycles. The van der Waals surface area contributed by atoms with Crippen LogP contribution in [-0.2, 0) is 10.0 Å². The van der Waals surface area contributed by atoms with Crippen LogP contribution in [0.2, 0.25) is 0 Å². The van der Waals surface area contributed by atoms with Crippen molar-refractivity contribution in [3.63, 3.8) is 0 Å². The van der Waals surface area contributed by atoms with E-state index in [2.05, 4.69) is 15.1 Å². The van der Waals surface area contributed by atoms with Crippen LogP contribution >= 0.6 is 11.3 Å². The number of aryl methyl sites for hydroxylation is 2. The van der Waals surface area contributed by atoms with Crippen molar-refractivity contribution >= 4 is 27.0 Å². The Morgan fingerprint density at radius 3 is 2.62 bits per heavy atom. The fraction of sp³-hybridized carbons (Fsp3) is 0.150. The van der Waals surface area contributed by atoms with Gasteiger partial charge in [0.05, 0.1) is 5.69 Å². The largest absolute Gasteiger partial charge is 0.333 e. The third kappa shape index (κ3) is 3.54. The lowest BCUT2D eigenvalue weighted by Crippen LogP contribution is -2.26. The molecule has 0 radical (unpaired) electrons. The molecule has 9 heteroatoms. The van der Waals surface area contributed by atoms with Crippen molar-refractivity contribution in [1.82, 2.24) is 15.1 Å². The molecule has 0 unspecified atom stereocenters. The standard InChI is InChI=1S/C20H18N4O3S2/c1-13-7-8-15(12-14(13)2)24(3)29(25,26)17-9-11-28-18(17)20-22-19(23-27-20)16-6-4-5-10-21-16/h4-12H,1-3H3. The van der Waals surface area contributed by atoms with Crippen molar-refractivity contribution < 1.29 is 12.9 Å². The predicted molar refractivity (Wildman–Crippen MR) is 112 cm³/mol. The first kappa shape index (κ1) is 19.3. The highest BCUT2D eigenvalue weighted by Crippen LogP contribution is 2.35. The summed E-state index contributed by atoms with van der Waals surface area (Å²) in [6, 6.07) is 12.5. The fourth-order valence-electron chi connectivity index (χ4n) is 2.78. The highest BCUT2D eigenvalue weighted by Gasteiger charge is 2.29. The first-order valence-corrected chi connectivity index (χ1v) is 11.1. The molecule has 0 aliphatic carbocycles. The highest BCUT2D eigenvalue weighted by atomic mass is 32.2. The van der Waals surface area contributed by atoms with E-state index in [1.807, 2.05) is 32.0 Å². The summed E-state index contributed by atoms with van der Waals surface area (Å²) in [6.07, 6.45) is 1.63. The van der Waals surface area contributed by atoms with E-state index in [0.29, 0.717) is 22.1 Å².